The van der Waals surface area contributed by atoms with Crippen LogP contribution in [0.25, 0.3) is 0 Å². The van der Waals surface area contributed by atoms with Crippen LogP contribution in [-0.2, 0) is 4.79 Å². The second-order valence-corrected chi connectivity index (χ2v) is 4.58. The first kappa shape index (κ1) is 16.0. The molecule has 0 aliphatic carbocycles. The van der Waals surface area contributed by atoms with Crippen LogP contribution < -0.4 is 16.4 Å². The first-order valence-corrected chi connectivity index (χ1v) is 6.57. The minimum atomic E-state index is -0.276. The van der Waals surface area contributed by atoms with Gasteiger partial charge in [-0.3, -0.25) is 9.59 Å². The van der Waals surface area contributed by atoms with Crippen LogP contribution in [0.2, 0.25) is 0 Å². The van der Waals surface area contributed by atoms with Crippen LogP contribution in [0, 0.1) is 0 Å². The molecular weight excluding hydrogens is 256 g/mol. The second-order valence-electron chi connectivity index (χ2n) is 4.58. The molecule has 0 bridgehead atoms. The minimum absolute atomic E-state index is 0.000731. The molecule has 0 spiro atoms. The summed E-state index contributed by atoms with van der Waals surface area (Å²) in [4.78, 5) is 25.2. The molecule has 0 aromatic heterocycles. The van der Waals surface area contributed by atoms with Gasteiger partial charge in [0.1, 0.15) is 0 Å². The van der Waals surface area contributed by atoms with E-state index in [0.29, 0.717) is 17.8 Å². The van der Waals surface area contributed by atoms with E-state index in [2.05, 4.69) is 10.6 Å². The predicted octanol–water partition coefficient (Wildman–Crippen LogP) is 0.0665. The summed E-state index contributed by atoms with van der Waals surface area (Å²) in [5.41, 5.74) is 6.64. The van der Waals surface area contributed by atoms with Crippen LogP contribution in [0.5, 0.6) is 0 Å². The van der Waals surface area contributed by atoms with Crippen LogP contribution in [-0.4, -0.2) is 50.4 Å². The molecule has 0 saturated carbocycles. The van der Waals surface area contributed by atoms with Crippen LogP contribution in [0.15, 0.2) is 24.3 Å². The molecule has 4 N–H and O–H groups in total. The molecule has 0 radical (unpaired) electrons. The van der Waals surface area contributed by atoms with Crippen molar-refractivity contribution in [3.05, 3.63) is 29.8 Å². The zero-order valence-corrected chi connectivity index (χ0v) is 12.0. The topological polar surface area (TPSA) is 87.5 Å². The van der Waals surface area contributed by atoms with Crippen molar-refractivity contribution in [3.8, 4) is 0 Å². The highest BCUT2D eigenvalue weighted by Crippen LogP contribution is 2.04. The third-order valence-electron chi connectivity index (χ3n) is 2.92. The van der Waals surface area contributed by atoms with E-state index in [1.807, 2.05) is 7.05 Å². The number of hydrogen-bond acceptors (Lipinski definition) is 4. The number of nitrogen functional groups attached to an aromatic ring is 1. The number of nitrogens with two attached hydrogens (primary N) is 1. The lowest BCUT2D eigenvalue weighted by Crippen LogP contribution is -2.39. The number of amides is 2. The molecule has 1 aromatic carbocycles. The molecule has 0 atom stereocenters. The predicted molar refractivity (Wildman–Crippen MR) is 79.4 cm³/mol. The summed E-state index contributed by atoms with van der Waals surface area (Å²) in [6.07, 6.45) is 0.880. The molecule has 1 aromatic rings. The summed E-state index contributed by atoms with van der Waals surface area (Å²) in [6, 6.07) is 6.57. The number of carbonyl (C=O) groups is 2. The molecule has 6 nitrogen and oxygen atoms in total. The van der Waals surface area contributed by atoms with Gasteiger partial charge in [0.2, 0.25) is 5.91 Å². The molecule has 1 rings (SSSR count). The Balaban J connectivity index is 2.36. The highest BCUT2D eigenvalue weighted by molar-refractivity contribution is 5.96. The molecule has 0 unspecified atom stereocenters. The third-order valence-corrected chi connectivity index (χ3v) is 2.92. The molecule has 0 heterocycles. The van der Waals surface area contributed by atoms with Gasteiger partial charge in [0.25, 0.3) is 5.91 Å². The van der Waals surface area contributed by atoms with E-state index >= 15 is 0 Å². The molecule has 110 valence electrons. The average molecular weight is 278 g/mol. The standard InChI is InChI=1S/C14H22N4O2/c1-16-8-3-9-18(2)13(19)10-17-14(20)11-4-6-12(15)7-5-11/h4-7,16H,3,8-10,15H2,1-2H3,(H,17,20). The Labute approximate surface area is 119 Å². The van der Waals surface area contributed by atoms with Crippen molar-refractivity contribution < 1.29 is 9.59 Å². The van der Waals surface area contributed by atoms with E-state index in [1.54, 1.807) is 36.2 Å². The lowest BCUT2D eigenvalue weighted by Gasteiger charge is -2.17. The highest BCUT2D eigenvalue weighted by atomic mass is 16.2. The van der Waals surface area contributed by atoms with Crippen molar-refractivity contribution >= 4 is 17.5 Å². The smallest absolute Gasteiger partial charge is 0.251 e. The van der Waals surface area contributed by atoms with Crippen molar-refractivity contribution in [2.24, 2.45) is 0 Å². The molecule has 0 saturated heterocycles. The number of rotatable bonds is 7. The zero-order chi connectivity index (χ0) is 15.0. The Bertz CT molecular complexity index is 445. The molecule has 0 fully saturated rings. The number of carbonyl (C=O) groups excluding carboxylic acids is 2. The van der Waals surface area contributed by atoms with Crippen molar-refractivity contribution in [2.75, 3.05) is 39.5 Å². The molecule has 0 aliphatic heterocycles. The molecule has 6 heteroatoms. The summed E-state index contributed by atoms with van der Waals surface area (Å²) in [5.74, 6) is -0.383. The quantitative estimate of drug-likeness (QED) is 0.486. The number of nitrogens with one attached hydrogen (secondary N) is 2. The fraction of sp³-hybridized carbons (Fsp3) is 0.429. The van der Waals surface area contributed by atoms with E-state index in [9.17, 15) is 9.59 Å². The van der Waals surface area contributed by atoms with Crippen LogP contribution in [0.3, 0.4) is 0 Å². The maximum absolute atomic E-state index is 11.8. The van der Waals surface area contributed by atoms with E-state index < -0.39 is 0 Å². The van der Waals surface area contributed by atoms with Gasteiger partial charge in [-0.15, -0.1) is 0 Å². The SMILES string of the molecule is CNCCCN(C)C(=O)CNC(=O)c1ccc(N)cc1. The highest BCUT2D eigenvalue weighted by Gasteiger charge is 2.11. The Hall–Kier alpha value is -2.08. The Morgan fingerprint density at radius 3 is 2.50 bits per heavy atom. The third kappa shape index (κ3) is 5.27. The lowest BCUT2D eigenvalue weighted by molar-refractivity contribution is -0.128. The Kier molecular flexibility index (Phi) is 6.52. The lowest BCUT2D eigenvalue weighted by atomic mass is 10.2. The summed E-state index contributed by atoms with van der Waals surface area (Å²) < 4.78 is 0. The van der Waals surface area contributed by atoms with E-state index in [-0.39, 0.29) is 18.4 Å². The van der Waals surface area contributed by atoms with Gasteiger partial charge in [-0.1, -0.05) is 0 Å². The number of likely N-dealkylation sites (N-methyl/N-ethyl adjacent to an activating group) is 1. The molecule has 20 heavy (non-hydrogen) atoms. The van der Waals surface area contributed by atoms with Gasteiger partial charge in [0.15, 0.2) is 0 Å². The molecule has 2 amide bonds. The van der Waals surface area contributed by atoms with E-state index in [1.165, 1.54) is 0 Å². The molecule has 0 aliphatic rings. The van der Waals surface area contributed by atoms with Crippen molar-refractivity contribution in [1.82, 2.24) is 15.5 Å². The van der Waals surface area contributed by atoms with Gasteiger partial charge in [0, 0.05) is 24.8 Å². The minimum Gasteiger partial charge on any atom is -0.399 e. The van der Waals surface area contributed by atoms with Gasteiger partial charge in [-0.05, 0) is 44.3 Å². The van der Waals surface area contributed by atoms with Gasteiger partial charge < -0.3 is 21.3 Å². The largest absolute Gasteiger partial charge is 0.399 e. The van der Waals surface area contributed by atoms with Crippen molar-refractivity contribution in [2.45, 2.75) is 6.42 Å². The summed E-state index contributed by atoms with van der Waals surface area (Å²) in [5, 5.41) is 5.62. The fourth-order valence-corrected chi connectivity index (χ4v) is 1.65. The Morgan fingerprint density at radius 1 is 1.25 bits per heavy atom. The van der Waals surface area contributed by atoms with Crippen LogP contribution in [0.1, 0.15) is 16.8 Å². The van der Waals surface area contributed by atoms with Gasteiger partial charge in [-0.2, -0.15) is 0 Å². The van der Waals surface area contributed by atoms with Crippen LogP contribution in [0.4, 0.5) is 5.69 Å². The van der Waals surface area contributed by atoms with E-state index in [0.717, 1.165) is 13.0 Å². The first-order valence-electron chi connectivity index (χ1n) is 6.57. The maximum atomic E-state index is 11.8. The van der Waals surface area contributed by atoms with Crippen molar-refractivity contribution in [1.29, 1.82) is 0 Å². The van der Waals surface area contributed by atoms with Gasteiger partial charge in [0.05, 0.1) is 6.54 Å². The normalized spacial score (nSPS) is 10.1. The summed E-state index contributed by atoms with van der Waals surface area (Å²) in [7, 11) is 3.60. The van der Waals surface area contributed by atoms with E-state index in [4.69, 9.17) is 5.73 Å². The number of nitrogens with zero attached hydrogens (tertiary/aromatic N) is 1. The fourth-order valence-electron chi connectivity index (χ4n) is 1.65. The first-order chi connectivity index (χ1) is 9.54. The number of anilines is 1. The van der Waals surface area contributed by atoms with Gasteiger partial charge >= 0.3 is 0 Å². The van der Waals surface area contributed by atoms with Crippen LogP contribution >= 0.6 is 0 Å². The summed E-state index contributed by atoms with van der Waals surface area (Å²) >= 11 is 0. The monoisotopic (exact) mass is 278 g/mol. The number of hydrogen-bond donors (Lipinski definition) is 3. The summed E-state index contributed by atoms with van der Waals surface area (Å²) in [6.45, 7) is 1.52. The Morgan fingerprint density at radius 2 is 1.90 bits per heavy atom. The van der Waals surface area contributed by atoms with Crippen molar-refractivity contribution in [3.63, 3.8) is 0 Å². The average Bonchev–Trinajstić information content (AvgIpc) is 2.45. The van der Waals surface area contributed by atoms with Gasteiger partial charge in [-0.25, -0.2) is 0 Å². The number of benzene rings is 1. The molecular formula is C14H22N4O2. The second kappa shape index (κ2) is 8.16. The zero-order valence-electron chi connectivity index (χ0n) is 12.0. The maximum Gasteiger partial charge on any atom is 0.251 e.